The number of benzene rings is 1. The predicted octanol–water partition coefficient (Wildman–Crippen LogP) is 1.86. The number of hydrogen-bond acceptors (Lipinski definition) is 6. The van der Waals surface area contributed by atoms with E-state index < -0.39 is 11.5 Å². The number of H-pyrrole nitrogens is 1. The Labute approximate surface area is 141 Å². The maximum absolute atomic E-state index is 12.3. The first-order valence-electron chi connectivity index (χ1n) is 7.21. The molecule has 0 saturated carbocycles. The minimum Gasteiger partial charge on any atom is -0.462 e. The van der Waals surface area contributed by atoms with Crippen molar-refractivity contribution >= 4 is 29.3 Å². The molecule has 0 radical (unpaired) electrons. The minimum atomic E-state index is -0.715. The third kappa shape index (κ3) is 3.23. The van der Waals surface area contributed by atoms with Crippen molar-refractivity contribution in [2.24, 2.45) is 0 Å². The molecule has 2 N–H and O–H groups in total. The first-order valence-corrected chi connectivity index (χ1v) is 7.59. The number of carbonyl (C=O) groups excluding carboxylic acids is 1. The summed E-state index contributed by atoms with van der Waals surface area (Å²) in [6.07, 6.45) is 1.16. The number of fused-ring (bicyclic) bond motifs is 1. The van der Waals surface area contributed by atoms with Crippen LogP contribution in [0.5, 0.6) is 0 Å². The maximum atomic E-state index is 12.3. The number of ether oxygens (including phenoxy) is 1. The highest BCUT2D eigenvalue weighted by Crippen LogP contribution is 2.12. The van der Waals surface area contributed by atoms with Crippen LogP contribution in [0.25, 0.3) is 5.78 Å². The summed E-state index contributed by atoms with van der Waals surface area (Å²) in [4.78, 5) is 32.2. The lowest BCUT2D eigenvalue weighted by atomic mass is 10.2. The number of esters is 1. The Morgan fingerprint density at radius 2 is 2.29 bits per heavy atom. The number of nitrogens with zero attached hydrogens (tertiary/aromatic N) is 3. The number of aromatic amines is 1. The van der Waals surface area contributed by atoms with Gasteiger partial charge in [0.25, 0.3) is 11.3 Å². The van der Waals surface area contributed by atoms with E-state index in [1.54, 1.807) is 13.0 Å². The molecule has 8 nitrogen and oxygen atoms in total. The van der Waals surface area contributed by atoms with E-state index in [4.69, 9.17) is 16.3 Å². The van der Waals surface area contributed by atoms with Crippen LogP contribution in [-0.4, -0.2) is 32.2 Å². The van der Waals surface area contributed by atoms with E-state index in [-0.39, 0.29) is 17.9 Å². The molecule has 0 bridgehead atoms. The van der Waals surface area contributed by atoms with Crippen LogP contribution in [0.1, 0.15) is 22.8 Å². The SMILES string of the molecule is CCOC(=O)c1cnc2nc(NCc3cccc(Cl)c3)[nH]n2c1=O. The summed E-state index contributed by atoms with van der Waals surface area (Å²) in [6, 6.07) is 7.35. The fourth-order valence-electron chi connectivity index (χ4n) is 2.12. The Balaban J connectivity index is 1.84. The zero-order chi connectivity index (χ0) is 17.1. The minimum absolute atomic E-state index is 0.153. The molecule has 24 heavy (non-hydrogen) atoms. The van der Waals surface area contributed by atoms with E-state index >= 15 is 0 Å². The van der Waals surface area contributed by atoms with Crippen LogP contribution in [0.2, 0.25) is 5.02 Å². The summed E-state index contributed by atoms with van der Waals surface area (Å²) in [7, 11) is 0. The monoisotopic (exact) mass is 347 g/mol. The molecule has 0 atom stereocenters. The van der Waals surface area contributed by atoms with Gasteiger partial charge in [0.2, 0.25) is 5.95 Å². The first-order chi connectivity index (χ1) is 11.6. The van der Waals surface area contributed by atoms with Crippen LogP contribution in [0.3, 0.4) is 0 Å². The molecule has 2 aromatic heterocycles. The summed E-state index contributed by atoms with van der Waals surface area (Å²) in [5.41, 5.74) is 0.233. The lowest BCUT2D eigenvalue weighted by Crippen LogP contribution is -2.24. The van der Waals surface area contributed by atoms with Gasteiger partial charge in [0, 0.05) is 11.6 Å². The Hall–Kier alpha value is -2.87. The summed E-state index contributed by atoms with van der Waals surface area (Å²) in [5.74, 6) is -0.213. The second-order valence-corrected chi connectivity index (χ2v) is 5.33. The van der Waals surface area contributed by atoms with Crippen molar-refractivity contribution in [3.05, 3.63) is 57.0 Å². The molecule has 0 saturated heterocycles. The molecular formula is C15H14ClN5O3. The van der Waals surface area contributed by atoms with E-state index in [2.05, 4.69) is 20.4 Å². The van der Waals surface area contributed by atoms with Crippen LogP contribution >= 0.6 is 11.6 Å². The standard InChI is InChI=1S/C15H14ClN5O3/c1-2-24-13(23)11-8-18-15-19-14(20-21(15)12(11)22)17-7-9-4-3-5-10(16)6-9/h3-6,8H,2,7H2,1H3,(H2,17,18,19,20). The zero-order valence-corrected chi connectivity index (χ0v) is 13.5. The summed E-state index contributed by atoms with van der Waals surface area (Å²) < 4.78 is 5.92. The summed E-state index contributed by atoms with van der Waals surface area (Å²) in [5, 5.41) is 6.44. The Morgan fingerprint density at radius 3 is 3.04 bits per heavy atom. The van der Waals surface area contributed by atoms with Crippen molar-refractivity contribution < 1.29 is 9.53 Å². The van der Waals surface area contributed by atoms with Crippen molar-refractivity contribution in [3.8, 4) is 0 Å². The second kappa shape index (κ2) is 6.71. The summed E-state index contributed by atoms with van der Waals surface area (Å²) >= 11 is 5.93. The number of rotatable bonds is 5. The predicted molar refractivity (Wildman–Crippen MR) is 88.3 cm³/mol. The molecule has 3 rings (SSSR count). The van der Waals surface area contributed by atoms with Gasteiger partial charge in [-0.1, -0.05) is 23.7 Å². The third-order valence-electron chi connectivity index (χ3n) is 3.22. The van der Waals surface area contributed by atoms with Gasteiger partial charge in [-0.05, 0) is 24.6 Å². The smallest absolute Gasteiger partial charge is 0.345 e. The van der Waals surface area contributed by atoms with Crippen LogP contribution in [0.4, 0.5) is 5.95 Å². The van der Waals surface area contributed by atoms with E-state index in [1.807, 2.05) is 18.2 Å². The molecule has 0 aliphatic carbocycles. The van der Waals surface area contributed by atoms with Gasteiger partial charge in [-0.15, -0.1) is 0 Å². The van der Waals surface area contributed by atoms with Gasteiger partial charge in [-0.2, -0.15) is 9.50 Å². The number of nitrogens with one attached hydrogen (secondary N) is 2. The Kier molecular flexibility index (Phi) is 4.48. The van der Waals surface area contributed by atoms with Crippen LogP contribution < -0.4 is 10.9 Å². The van der Waals surface area contributed by atoms with Crippen LogP contribution in [-0.2, 0) is 11.3 Å². The molecule has 124 valence electrons. The Morgan fingerprint density at radius 1 is 1.46 bits per heavy atom. The lowest BCUT2D eigenvalue weighted by Gasteiger charge is -2.02. The quantitative estimate of drug-likeness (QED) is 0.683. The fourth-order valence-corrected chi connectivity index (χ4v) is 2.33. The topological polar surface area (TPSA) is 101 Å². The van der Waals surface area contributed by atoms with Gasteiger partial charge < -0.3 is 10.1 Å². The average Bonchev–Trinajstić information content (AvgIpc) is 2.98. The fraction of sp³-hybridized carbons (Fsp3) is 0.200. The van der Waals surface area contributed by atoms with Gasteiger partial charge in [0.15, 0.2) is 0 Å². The number of anilines is 1. The van der Waals surface area contributed by atoms with Crippen molar-refractivity contribution in [2.45, 2.75) is 13.5 Å². The van der Waals surface area contributed by atoms with Gasteiger partial charge in [0.1, 0.15) is 5.56 Å². The third-order valence-corrected chi connectivity index (χ3v) is 3.45. The van der Waals surface area contributed by atoms with Gasteiger partial charge in [0.05, 0.1) is 12.8 Å². The zero-order valence-electron chi connectivity index (χ0n) is 12.7. The molecule has 0 aliphatic rings. The molecule has 0 fully saturated rings. The highest BCUT2D eigenvalue weighted by molar-refractivity contribution is 6.30. The van der Waals surface area contributed by atoms with Crippen molar-refractivity contribution in [2.75, 3.05) is 11.9 Å². The molecule has 0 aliphatic heterocycles. The van der Waals surface area contributed by atoms with Crippen LogP contribution in [0, 0.1) is 0 Å². The highest BCUT2D eigenvalue weighted by Gasteiger charge is 2.16. The molecule has 9 heteroatoms. The molecule has 1 aromatic carbocycles. The van der Waals surface area contributed by atoms with E-state index in [9.17, 15) is 9.59 Å². The lowest BCUT2D eigenvalue weighted by molar-refractivity contribution is 0.0523. The molecular weight excluding hydrogens is 334 g/mol. The van der Waals surface area contributed by atoms with Gasteiger partial charge in [-0.3, -0.25) is 9.89 Å². The molecule has 3 aromatic rings. The number of halogens is 1. The molecule has 2 heterocycles. The van der Waals surface area contributed by atoms with Crippen LogP contribution in [0.15, 0.2) is 35.3 Å². The van der Waals surface area contributed by atoms with Gasteiger partial charge in [-0.25, -0.2) is 9.78 Å². The number of hydrogen-bond donors (Lipinski definition) is 2. The van der Waals surface area contributed by atoms with Crippen molar-refractivity contribution in [1.29, 1.82) is 0 Å². The van der Waals surface area contributed by atoms with Crippen molar-refractivity contribution in [1.82, 2.24) is 19.6 Å². The number of aromatic nitrogens is 4. The second-order valence-electron chi connectivity index (χ2n) is 4.89. The molecule has 0 spiro atoms. The summed E-state index contributed by atoms with van der Waals surface area (Å²) in [6.45, 7) is 2.30. The first kappa shape index (κ1) is 16.0. The number of carbonyl (C=O) groups is 1. The average molecular weight is 348 g/mol. The maximum Gasteiger partial charge on any atom is 0.345 e. The van der Waals surface area contributed by atoms with Crippen molar-refractivity contribution in [3.63, 3.8) is 0 Å². The molecule has 0 unspecified atom stereocenters. The van der Waals surface area contributed by atoms with E-state index in [1.165, 1.54) is 0 Å². The van der Waals surface area contributed by atoms with E-state index in [0.717, 1.165) is 16.3 Å². The normalized spacial score (nSPS) is 10.8. The molecule has 0 amide bonds. The van der Waals surface area contributed by atoms with Gasteiger partial charge >= 0.3 is 5.97 Å². The largest absolute Gasteiger partial charge is 0.462 e. The Bertz CT molecular complexity index is 950. The highest BCUT2D eigenvalue weighted by atomic mass is 35.5. The van der Waals surface area contributed by atoms with E-state index in [0.29, 0.717) is 17.5 Å².